The number of nitrogen functional groups attached to an aromatic ring is 1. The normalized spacial score (nSPS) is 39.7. The molecule has 4 aliphatic rings. The number of aromatic nitrogens is 2. The molecular weight excluding hydrogens is 240 g/mol. The molecule has 0 atom stereocenters. The molecular formula is C14H22N4O. The Hall–Kier alpha value is -1.10. The molecule has 0 amide bonds. The van der Waals surface area contributed by atoms with Gasteiger partial charge in [-0.2, -0.15) is 0 Å². The zero-order valence-electron chi connectivity index (χ0n) is 11.3. The number of aryl methyl sites for hydroxylation is 1. The summed E-state index contributed by atoms with van der Waals surface area (Å²) in [6.45, 7) is 0. The van der Waals surface area contributed by atoms with Crippen LogP contribution in [0.3, 0.4) is 0 Å². The molecule has 4 aliphatic carbocycles. The van der Waals surface area contributed by atoms with Crippen LogP contribution in [0, 0.1) is 23.2 Å². The number of nitrogens with zero attached hydrogens (tertiary/aromatic N) is 2. The van der Waals surface area contributed by atoms with Crippen LogP contribution in [0.5, 0.6) is 0 Å². The fraction of sp³-hybridized carbons (Fsp3) is 0.857. The molecule has 0 unspecified atom stereocenters. The summed E-state index contributed by atoms with van der Waals surface area (Å²) in [4.78, 5) is 0. The van der Waals surface area contributed by atoms with Crippen molar-refractivity contribution in [2.24, 2.45) is 29.0 Å². The Morgan fingerprint density at radius 1 is 1.11 bits per heavy atom. The van der Waals surface area contributed by atoms with Crippen molar-refractivity contribution < 1.29 is 4.42 Å². The smallest absolute Gasteiger partial charge is 0.330 e. The van der Waals surface area contributed by atoms with Crippen molar-refractivity contribution in [1.29, 1.82) is 0 Å². The Morgan fingerprint density at radius 3 is 2.26 bits per heavy atom. The number of rotatable bonds is 4. The molecule has 0 aromatic carbocycles. The second kappa shape index (κ2) is 4.20. The third kappa shape index (κ3) is 2.04. The Morgan fingerprint density at radius 2 is 1.74 bits per heavy atom. The molecule has 4 bridgehead atoms. The Balaban J connectivity index is 1.44. The van der Waals surface area contributed by atoms with Crippen molar-refractivity contribution in [1.82, 2.24) is 10.2 Å². The number of nitrogens with one attached hydrogen (secondary N) is 1. The second-order valence-corrected chi connectivity index (χ2v) is 7.06. The molecule has 0 spiro atoms. The maximum absolute atomic E-state index is 5.44. The zero-order chi connectivity index (χ0) is 12.9. The molecule has 19 heavy (non-hydrogen) atoms. The van der Waals surface area contributed by atoms with Gasteiger partial charge in [-0.1, -0.05) is 5.10 Å². The van der Waals surface area contributed by atoms with Crippen molar-refractivity contribution >= 4 is 6.01 Å². The zero-order valence-corrected chi connectivity index (χ0v) is 11.3. The van der Waals surface area contributed by atoms with Gasteiger partial charge >= 0.3 is 6.01 Å². The number of anilines is 1. The van der Waals surface area contributed by atoms with Crippen LogP contribution in [0.4, 0.5) is 6.01 Å². The lowest BCUT2D eigenvalue weighted by Crippen LogP contribution is -2.46. The maximum Gasteiger partial charge on any atom is 0.330 e. The van der Waals surface area contributed by atoms with E-state index in [0.717, 1.165) is 30.1 Å². The molecule has 3 N–H and O–H groups in total. The minimum atomic E-state index is 0.320. The molecule has 4 saturated carbocycles. The van der Waals surface area contributed by atoms with Crippen LogP contribution < -0.4 is 11.3 Å². The lowest BCUT2D eigenvalue weighted by molar-refractivity contribution is -0.0576. The molecule has 1 heterocycles. The van der Waals surface area contributed by atoms with E-state index in [2.05, 4.69) is 15.6 Å². The number of hydrogen-bond acceptors (Lipinski definition) is 5. The quantitative estimate of drug-likeness (QED) is 0.644. The van der Waals surface area contributed by atoms with Crippen molar-refractivity contribution in [3.05, 3.63) is 5.89 Å². The largest absolute Gasteiger partial charge is 0.407 e. The van der Waals surface area contributed by atoms with E-state index < -0.39 is 0 Å². The minimum absolute atomic E-state index is 0.320. The van der Waals surface area contributed by atoms with Crippen molar-refractivity contribution in [3.8, 4) is 0 Å². The van der Waals surface area contributed by atoms with Crippen molar-refractivity contribution in [3.63, 3.8) is 0 Å². The van der Waals surface area contributed by atoms with Crippen molar-refractivity contribution in [2.45, 2.75) is 51.4 Å². The highest BCUT2D eigenvalue weighted by Crippen LogP contribution is 2.61. The summed E-state index contributed by atoms with van der Waals surface area (Å²) in [5, 5.41) is 7.89. The van der Waals surface area contributed by atoms with E-state index in [4.69, 9.17) is 10.3 Å². The first kappa shape index (κ1) is 11.7. The molecule has 0 saturated heterocycles. The first-order valence-corrected chi connectivity index (χ1v) is 7.54. The summed E-state index contributed by atoms with van der Waals surface area (Å²) in [6.07, 6.45) is 10.9. The van der Waals surface area contributed by atoms with Gasteiger partial charge in [-0.15, -0.1) is 5.10 Å². The summed E-state index contributed by atoms with van der Waals surface area (Å²) < 4.78 is 5.44. The highest BCUT2D eigenvalue weighted by Gasteiger charge is 2.50. The third-order valence-corrected chi connectivity index (χ3v) is 5.62. The Labute approximate surface area is 113 Å². The standard InChI is InChI=1S/C14H22N4O/c15-16-13-18-17-12(19-13)1-2-14-6-9-3-10(7-14)5-11(4-9)8-14/h9-11H,1-8,15H2,(H,16,18). The van der Waals surface area contributed by atoms with E-state index in [1.807, 2.05) is 0 Å². The highest BCUT2D eigenvalue weighted by atomic mass is 16.4. The Kier molecular flexibility index (Phi) is 2.59. The molecule has 1 aromatic rings. The SMILES string of the molecule is NNc1nnc(CCC23CC4CC(CC(C4)C2)C3)o1. The van der Waals surface area contributed by atoms with E-state index >= 15 is 0 Å². The Bertz CT molecular complexity index is 434. The fourth-order valence-corrected chi connectivity index (χ4v) is 5.38. The van der Waals surface area contributed by atoms with Gasteiger partial charge in [0.05, 0.1) is 0 Å². The molecule has 104 valence electrons. The van der Waals surface area contributed by atoms with E-state index in [-0.39, 0.29) is 0 Å². The molecule has 5 rings (SSSR count). The average molecular weight is 262 g/mol. The molecule has 1 aromatic heterocycles. The van der Waals surface area contributed by atoms with Crippen LogP contribution in [0.15, 0.2) is 4.42 Å². The van der Waals surface area contributed by atoms with Crippen LogP contribution in [0.1, 0.15) is 50.8 Å². The van der Waals surface area contributed by atoms with E-state index in [1.165, 1.54) is 44.9 Å². The topological polar surface area (TPSA) is 77.0 Å². The highest BCUT2D eigenvalue weighted by molar-refractivity contribution is 5.13. The van der Waals surface area contributed by atoms with Crippen LogP contribution in [0.2, 0.25) is 0 Å². The lowest BCUT2D eigenvalue weighted by Gasteiger charge is -2.57. The van der Waals surface area contributed by atoms with Gasteiger partial charge in [0, 0.05) is 6.42 Å². The van der Waals surface area contributed by atoms with Gasteiger partial charge in [-0.3, -0.25) is 5.43 Å². The predicted octanol–water partition coefficient (Wildman–Crippen LogP) is 2.50. The molecule has 0 aliphatic heterocycles. The van der Waals surface area contributed by atoms with Gasteiger partial charge in [-0.05, 0) is 68.1 Å². The minimum Gasteiger partial charge on any atom is -0.407 e. The predicted molar refractivity (Wildman–Crippen MR) is 71.0 cm³/mol. The number of hydrazine groups is 1. The summed E-state index contributed by atoms with van der Waals surface area (Å²) in [5.74, 6) is 9.01. The lowest BCUT2D eigenvalue weighted by atomic mass is 9.48. The van der Waals surface area contributed by atoms with Gasteiger partial charge in [0.25, 0.3) is 0 Å². The molecule has 5 heteroatoms. The van der Waals surface area contributed by atoms with E-state index in [1.54, 1.807) is 0 Å². The van der Waals surface area contributed by atoms with Crippen LogP contribution in [-0.4, -0.2) is 10.2 Å². The summed E-state index contributed by atoms with van der Waals surface area (Å²) in [6, 6.07) is 0.320. The van der Waals surface area contributed by atoms with E-state index in [0.29, 0.717) is 11.4 Å². The van der Waals surface area contributed by atoms with Crippen molar-refractivity contribution in [2.75, 3.05) is 5.43 Å². The third-order valence-electron chi connectivity index (χ3n) is 5.62. The van der Waals surface area contributed by atoms with Gasteiger partial charge in [-0.25, -0.2) is 5.84 Å². The monoisotopic (exact) mass is 262 g/mol. The van der Waals surface area contributed by atoms with Gasteiger partial charge in [0.1, 0.15) is 0 Å². The molecule has 5 nitrogen and oxygen atoms in total. The fourth-order valence-electron chi connectivity index (χ4n) is 5.38. The van der Waals surface area contributed by atoms with Gasteiger partial charge in [0.2, 0.25) is 5.89 Å². The number of nitrogens with two attached hydrogens (primary N) is 1. The van der Waals surface area contributed by atoms with Crippen LogP contribution in [0.25, 0.3) is 0 Å². The first-order chi connectivity index (χ1) is 9.25. The second-order valence-electron chi connectivity index (χ2n) is 7.06. The summed E-state index contributed by atoms with van der Waals surface area (Å²) in [7, 11) is 0. The maximum atomic E-state index is 5.44. The summed E-state index contributed by atoms with van der Waals surface area (Å²) >= 11 is 0. The van der Waals surface area contributed by atoms with Crippen LogP contribution >= 0.6 is 0 Å². The van der Waals surface area contributed by atoms with Gasteiger partial charge in [0.15, 0.2) is 0 Å². The van der Waals surface area contributed by atoms with Gasteiger partial charge < -0.3 is 4.42 Å². The molecule has 4 fully saturated rings. The first-order valence-electron chi connectivity index (χ1n) is 7.54. The molecule has 0 radical (unpaired) electrons. The number of hydrogen-bond donors (Lipinski definition) is 2. The average Bonchev–Trinajstić information content (AvgIpc) is 2.83. The van der Waals surface area contributed by atoms with E-state index in [9.17, 15) is 0 Å². The van der Waals surface area contributed by atoms with Crippen LogP contribution in [-0.2, 0) is 6.42 Å². The summed E-state index contributed by atoms with van der Waals surface area (Å²) in [5.41, 5.74) is 2.98.